The zero-order valence-electron chi connectivity index (χ0n) is 10.7. The van der Waals surface area contributed by atoms with E-state index in [4.69, 9.17) is 0 Å². The van der Waals surface area contributed by atoms with Crippen molar-refractivity contribution in [2.45, 2.75) is 72.9 Å². The van der Waals surface area contributed by atoms with Gasteiger partial charge in [0.05, 0.1) is 0 Å². The molecule has 0 spiro atoms. The van der Waals surface area contributed by atoms with Crippen molar-refractivity contribution >= 4 is 0 Å². The molecule has 0 aromatic carbocycles. The monoisotopic (exact) mass is 187 g/mol. The lowest BCUT2D eigenvalue weighted by molar-refractivity contribution is 0.180. The van der Waals surface area contributed by atoms with E-state index in [-0.39, 0.29) is 0 Å². The minimum Gasteiger partial charge on any atom is -0.301 e. The summed E-state index contributed by atoms with van der Waals surface area (Å²) in [6.07, 6.45) is 3.92. The Balaban J connectivity index is 0. The third-order valence-corrected chi connectivity index (χ3v) is 2.48. The fourth-order valence-corrected chi connectivity index (χ4v) is 1.45. The average molecular weight is 187 g/mol. The Morgan fingerprint density at radius 1 is 1.08 bits per heavy atom. The second kappa shape index (κ2) is 10.0. The lowest BCUT2D eigenvalue weighted by atomic mass is 10.1. The smallest absolute Gasteiger partial charge is 0.00921 e. The molecule has 1 heteroatoms. The molecule has 0 aliphatic rings. The van der Waals surface area contributed by atoms with E-state index in [0.717, 1.165) is 6.04 Å². The van der Waals surface area contributed by atoms with Crippen LogP contribution in [0.2, 0.25) is 0 Å². The van der Waals surface area contributed by atoms with Gasteiger partial charge in [0.15, 0.2) is 0 Å². The van der Waals surface area contributed by atoms with E-state index in [0.29, 0.717) is 6.04 Å². The average Bonchev–Trinajstić information content (AvgIpc) is 2.16. The Labute approximate surface area is 85.5 Å². The molecule has 0 fully saturated rings. The highest BCUT2D eigenvalue weighted by atomic mass is 15.1. The van der Waals surface area contributed by atoms with Gasteiger partial charge in [-0.05, 0) is 33.7 Å². The lowest BCUT2D eigenvalue weighted by Gasteiger charge is -2.30. The summed E-state index contributed by atoms with van der Waals surface area (Å²) in [5.74, 6) is 0. The minimum atomic E-state index is 0.687. The van der Waals surface area contributed by atoms with E-state index < -0.39 is 0 Å². The topological polar surface area (TPSA) is 3.24 Å². The Hall–Kier alpha value is -0.0400. The molecule has 0 aliphatic carbocycles. The van der Waals surface area contributed by atoms with Gasteiger partial charge in [-0.25, -0.2) is 0 Å². The summed E-state index contributed by atoms with van der Waals surface area (Å²) in [5.41, 5.74) is 0. The van der Waals surface area contributed by atoms with E-state index in [2.05, 4.69) is 39.6 Å². The van der Waals surface area contributed by atoms with Crippen molar-refractivity contribution in [3.63, 3.8) is 0 Å². The predicted octanol–water partition coefficient (Wildman–Crippen LogP) is 3.93. The standard InChI is InChI=1S/C10H23N.C2H6/c1-6-8-10(7-2)11(5)9(3)4;1-2/h9-10H,6-8H2,1-5H3;1-2H3. The molecular weight excluding hydrogens is 158 g/mol. The van der Waals surface area contributed by atoms with E-state index in [1.165, 1.54) is 19.3 Å². The Morgan fingerprint density at radius 3 is 1.77 bits per heavy atom. The highest BCUT2D eigenvalue weighted by molar-refractivity contribution is 4.69. The zero-order valence-corrected chi connectivity index (χ0v) is 10.7. The van der Waals surface area contributed by atoms with Crippen LogP contribution in [0, 0.1) is 0 Å². The normalized spacial score (nSPS) is 12.7. The van der Waals surface area contributed by atoms with Crippen LogP contribution >= 0.6 is 0 Å². The van der Waals surface area contributed by atoms with E-state index in [1.807, 2.05) is 13.8 Å². The molecule has 82 valence electrons. The van der Waals surface area contributed by atoms with Crippen molar-refractivity contribution in [1.82, 2.24) is 4.90 Å². The Bertz CT molecular complexity index is 89.1. The molecule has 0 saturated carbocycles. The number of hydrogen-bond donors (Lipinski definition) is 0. The summed E-state index contributed by atoms with van der Waals surface area (Å²) in [7, 11) is 2.23. The van der Waals surface area contributed by atoms with Crippen LogP contribution in [0.5, 0.6) is 0 Å². The second-order valence-electron chi connectivity index (χ2n) is 3.61. The second-order valence-corrected chi connectivity index (χ2v) is 3.61. The molecule has 0 heterocycles. The van der Waals surface area contributed by atoms with Crippen LogP contribution in [0.3, 0.4) is 0 Å². The molecule has 1 unspecified atom stereocenters. The van der Waals surface area contributed by atoms with Crippen LogP contribution in [-0.4, -0.2) is 24.0 Å². The molecule has 0 bridgehead atoms. The summed E-state index contributed by atoms with van der Waals surface area (Å²) in [5, 5.41) is 0. The van der Waals surface area contributed by atoms with Gasteiger partial charge in [-0.15, -0.1) is 0 Å². The largest absolute Gasteiger partial charge is 0.301 e. The molecule has 1 atom stereocenters. The van der Waals surface area contributed by atoms with Gasteiger partial charge in [0.2, 0.25) is 0 Å². The van der Waals surface area contributed by atoms with Gasteiger partial charge in [-0.2, -0.15) is 0 Å². The number of rotatable bonds is 5. The molecular formula is C12H29N. The number of nitrogens with zero attached hydrogens (tertiary/aromatic N) is 1. The van der Waals surface area contributed by atoms with Gasteiger partial charge in [-0.3, -0.25) is 0 Å². The van der Waals surface area contributed by atoms with Gasteiger partial charge in [0.25, 0.3) is 0 Å². The molecule has 0 rings (SSSR count). The molecule has 0 N–H and O–H groups in total. The zero-order chi connectivity index (χ0) is 10.9. The molecule has 1 nitrogen and oxygen atoms in total. The summed E-state index contributed by atoms with van der Waals surface area (Å²) < 4.78 is 0. The van der Waals surface area contributed by atoms with E-state index in [1.54, 1.807) is 0 Å². The molecule has 0 amide bonds. The van der Waals surface area contributed by atoms with Crippen molar-refractivity contribution < 1.29 is 0 Å². The first-order chi connectivity index (χ1) is 6.13. The maximum atomic E-state index is 2.48. The number of hydrogen-bond acceptors (Lipinski definition) is 1. The van der Waals surface area contributed by atoms with Crippen molar-refractivity contribution in [1.29, 1.82) is 0 Å². The molecule has 0 radical (unpaired) electrons. The fourth-order valence-electron chi connectivity index (χ4n) is 1.45. The summed E-state index contributed by atoms with van der Waals surface area (Å²) in [6, 6.07) is 1.48. The highest BCUT2D eigenvalue weighted by Gasteiger charge is 2.13. The summed E-state index contributed by atoms with van der Waals surface area (Å²) in [6.45, 7) is 13.1. The SMILES string of the molecule is CC.CCCC(CC)N(C)C(C)C. The van der Waals surface area contributed by atoms with E-state index >= 15 is 0 Å². The van der Waals surface area contributed by atoms with Crippen molar-refractivity contribution in [2.75, 3.05) is 7.05 Å². The van der Waals surface area contributed by atoms with Crippen molar-refractivity contribution in [3.05, 3.63) is 0 Å². The first kappa shape index (κ1) is 15.4. The summed E-state index contributed by atoms with van der Waals surface area (Å²) in [4.78, 5) is 2.48. The fraction of sp³-hybridized carbons (Fsp3) is 1.00. The van der Waals surface area contributed by atoms with Gasteiger partial charge in [0, 0.05) is 12.1 Å². The van der Waals surface area contributed by atoms with Gasteiger partial charge >= 0.3 is 0 Å². The minimum absolute atomic E-state index is 0.687. The predicted molar refractivity (Wildman–Crippen MR) is 63.2 cm³/mol. The third kappa shape index (κ3) is 7.06. The molecule has 0 saturated heterocycles. The van der Waals surface area contributed by atoms with Crippen LogP contribution in [0.25, 0.3) is 0 Å². The molecule has 0 aliphatic heterocycles. The molecule has 13 heavy (non-hydrogen) atoms. The highest BCUT2D eigenvalue weighted by Crippen LogP contribution is 2.11. The first-order valence-corrected chi connectivity index (χ1v) is 5.85. The van der Waals surface area contributed by atoms with Crippen LogP contribution < -0.4 is 0 Å². The maximum Gasteiger partial charge on any atom is 0.00921 e. The van der Waals surface area contributed by atoms with Crippen LogP contribution in [0.4, 0.5) is 0 Å². The van der Waals surface area contributed by atoms with Crippen LogP contribution in [0.15, 0.2) is 0 Å². The van der Waals surface area contributed by atoms with Crippen LogP contribution in [0.1, 0.15) is 60.8 Å². The molecule has 0 aromatic heterocycles. The summed E-state index contributed by atoms with van der Waals surface area (Å²) >= 11 is 0. The van der Waals surface area contributed by atoms with E-state index in [9.17, 15) is 0 Å². The van der Waals surface area contributed by atoms with Crippen molar-refractivity contribution in [2.24, 2.45) is 0 Å². The first-order valence-electron chi connectivity index (χ1n) is 5.85. The Morgan fingerprint density at radius 2 is 1.54 bits per heavy atom. The van der Waals surface area contributed by atoms with Crippen molar-refractivity contribution in [3.8, 4) is 0 Å². The van der Waals surface area contributed by atoms with Gasteiger partial charge < -0.3 is 4.90 Å². The van der Waals surface area contributed by atoms with Gasteiger partial charge in [-0.1, -0.05) is 34.1 Å². The lowest BCUT2D eigenvalue weighted by Crippen LogP contribution is -2.36. The molecule has 0 aromatic rings. The quantitative estimate of drug-likeness (QED) is 0.630. The van der Waals surface area contributed by atoms with Gasteiger partial charge in [0.1, 0.15) is 0 Å². The van der Waals surface area contributed by atoms with Crippen LogP contribution in [-0.2, 0) is 0 Å². The third-order valence-electron chi connectivity index (χ3n) is 2.48. The maximum absolute atomic E-state index is 2.48. The Kier molecular flexibility index (Phi) is 11.9.